The summed E-state index contributed by atoms with van der Waals surface area (Å²) in [4.78, 5) is 27.6. The molecule has 1 aliphatic carbocycles. The van der Waals surface area contributed by atoms with Crippen molar-refractivity contribution in [1.29, 1.82) is 0 Å². The van der Waals surface area contributed by atoms with Gasteiger partial charge in [-0.2, -0.15) is 17.9 Å². The van der Waals surface area contributed by atoms with Crippen LogP contribution in [0.25, 0.3) is 0 Å². The van der Waals surface area contributed by atoms with E-state index < -0.39 is 48.8 Å². The summed E-state index contributed by atoms with van der Waals surface area (Å²) in [7, 11) is -5.03. The number of nitrogens with zero attached hydrogens (tertiary/aromatic N) is 3. The molecule has 14 heteroatoms. The molecule has 4 rings (SSSR count). The molecule has 1 aromatic carbocycles. The zero-order chi connectivity index (χ0) is 25.8. The van der Waals surface area contributed by atoms with E-state index in [1.54, 1.807) is 44.2 Å². The summed E-state index contributed by atoms with van der Waals surface area (Å²) in [5.74, 6) is -2.51. The molecule has 1 aromatic heterocycles. The molecular weight excluding hydrogens is 507 g/mol. The van der Waals surface area contributed by atoms with Crippen LogP contribution in [0.15, 0.2) is 45.9 Å². The molecule has 1 unspecified atom stereocenters. The van der Waals surface area contributed by atoms with Crippen LogP contribution in [-0.4, -0.2) is 53.5 Å². The number of nitrogen functional groups attached to an aromatic ring is 1. The molecule has 2 heterocycles. The van der Waals surface area contributed by atoms with Gasteiger partial charge in [-0.3, -0.25) is 9.59 Å². The highest BCUT2D eigenvalue weighted by atomic mass is 32.2. The summed E-state index contributed by atoms with van der Waals surface area (Å²) in [6.45, 7) is 3.24. The number of nitrogens with two attached hydrogens (primary N) is 1. The Balaban J connectivity index is 1.86. The molecule has 0 saturated carbocycles. The van der Waals surface area contributed by atoms with Gasteiger partial charge >= 0.3 is 6.18 Å². The van der Waals surface area contributed by atoms with Crippen molar-refractivity contribution >= 4 is 38.2 Å². The molecule has 0 fully saturated rings. The third-order valence-corrected chi connectivity index (χ3v) is 8.52. The molecule has 0 radical (unpaired) electrons. The number of anilines is 1. The second-order valence-corrected chi connectivity index (χ2v) is 12.1. The van der Waals surface area contributed by atoms with Gasteiger partial charge in [-0.05, 0) is 23.8 Å². The van der Waals surface area contributed by atoms with E-state index >= 15 is 0 Å². The third-order valence-electron chi connectivity index (χ3n) is 5.95. The van der Waals surface area contributed by atoms with Crippen molar-refractivity contribution in [3.63, 3.8) is 0 Å². The van der Waals surface area contributed by atoms with E-state index in [4.69, 9.17) is 5.73 Å². The summed E-state index contributed by atoms with van der Waals surface area (Å²) in [6, 6.07) is 8.79. The Morgan fingerprint density at radius 2 is 1.80 bits per heavy atom. The summed E-state index contributed by atoms with van der Waals surface area (Å²) < 4.78 is 70.8. The maximum Gasteiger partial charge on any atom is 0.421 e. The summed E-state index contributed by atoms with van der Waals surface area (Å²) in [5, 5.41) is 6.35. The molecule has 188 valence electrons. The molecule has 1 amide bonds. The highest BCUT2D eigenvalue weighted by Crippen LogP contribution is 2.52. The van der Waals surface area contributed by atoms with E-state index in [1.807, 2.05) is 0 Å². The normalized spacial score (nSPS) is 22.6. The van der Waals surface area contributed by atoms with Gasteiger partial charge in [0.1, 0.15) is 0 Å². The van der Waals surface area contributed by atoms with E-state index in [9.17, 15) is 31.2 Å². The van der Waals surface area contributed by atoms with E-state index in [0.29, 0.717) is 11.3 Å². The number of halogens is 3. The zero-order valence-corrected chi connectivity index (χ0v) is 20.4. The first-order valence-electron chi connectivity index (χ1n) is 10.5. The Labute approximate surface area is 203 Å². The summed E-state index contributed by atoms with van der Waals surface area (Å²) >= 11 is 0.339. The van der Waals surface area contributed by atoms with Crippen LogP contribution in [0.4, 0.5) is 18.3 Å². The molecule has 0 saturated heterocycles. The predicted molar refractivity (Wildman–Crippen MR) is 120 cm³/mol. The Bertz CT molecular complexity index is 1320. The molecule has 1 aliphatic heterocycles. The van der Waals surface area contributed by atoms with Crippen molar-refractivity contribution in [2.45, 2.75) is 49.2 Å². The number of Topliss-reactive ketones (excluding diaryl/α,β-unsaturated/α-hetero) is 1. The van der Waals surface area contributed by atoms with Gasteiger partial charge in [0.05, 0.1) is 5.57 Å². The topological polar surface area (TPSA) is 135 Å². The van der Waals surface area contributed by atoms with E-state index in [-0.39, 0.29) is 36.6 Å². The molecule has 2 aliphatic rings. The number of alkyl halides is 3. The lowest BCUT2D eigenvalue weighted by molar-refractivity contribution is -0.188. The van der Waals surface area contributed by atoms with Crippen molar-refractivity contribution in [3.8, 4) is 0 Å². The van der Waals surface area contributed by atoms with Crippen molar-refractivity contribution in [3.05, 3.63) is 47.2 Å². The van der Waals surface area contributed by atoms with Crippen LogP contribution in [0, 0.1) is 5.41 Å². The molecule has 35 heavy (non-hydrogen) atoms. The molecule has 3 N–H and O–H groups in total. The number of allylic oxidation sites excluding steroid dienone is 1. The fraction of sp³-hybridized carbons (Fsp3) is 0.429. The quantitative estimate of drug-likeness (QED) is 0.587. The van der Waals surface area contributed by atoms with Crippen LogP contribution in [0.3, 0.4) is 0 Å². The lowest BCUT2D eigenvalue weighted by Crippen LogP contribution is -2.66. The number of nitrogens with one attached hydrogen (secondary N) is 1. The van der Waals surface area contributed by atoms with E-state index in [2.05, 4.69) is 10.2 Å². The average Bonchev–Trinajstić information content (AvgIpc) is 3.27. The van der Waals surface area contributed by atoms with Gasteiger partial charge in [-0.25, -0.2) is 8.42 Å². The minimum Gasteiger partial charge on any atom is -0.374 e. The molecule has 9 nitrogen and oxygen atoms in total. The van der Waals surface area contributed by atoms with Gasteiger partial charge in [-0.15, -0.1) is 10.2 Å². The number of amides is 1. The first kappa shape index (κ1) is 25.3. The fourth-order valence-corrected chi connectivity index (χ4v) is 6.59. The fourth-order valence-electron chi connectivity index (χ4n) is 4.49. The SMILES string of the molecule is CC1(C)CC(=O)C2=C(C1)N(CCc1ccccc1)C(=O)C2(NS(=O)(=O)c1nnc(N)s1)C(F)(F)F. The maximum absolute atomic E-state index is 14.8. The van der Waals surface area contributed by atoms with E-state index in [1.165, 1.54) is 4.72 Å². The second kappa shape index (κ2) is 8.38. The van der Waals surface area contributed by atoms with Crippen LogP contribution in [0.5, 0.6) is 0 Å². The molecule has 1 atom stereocenters. The van der Waals surface area contributed by atoms with Gasteiger partial charge in [0.25, 0.3) is 15.9 Å². The Hall–Kier alpha value is -2.84. The largest absolute Gasteiger partial charge is 0.421 e. The van der Waals surface area contributed by atoms with Crippen LogP contribution < -0.4 is 10.5 Å². The van der Waals surface area contributed by atoms with Gasteiger partial charge in [-0.1, -0.05) is 55.5 Å². The number of carbonyl (C=O) groups is 2. The number of benzene rings is 1. The van der Waals surface area contributed by atoms with Crippen molar-refractivity contribution in [1.82, 2.24) is 19.8 Å². The monoisotopic (exact) mass is 529 g/mol. The van der Waals surface area contributed by atoms with Crippen LogP contribution >= 0.6 is 11.3 Å². The van der Waals surface area contributed by atoms with E-state index in [0.717, 1.165) is 10.5 Å². The van der Waals surface area contributed by atoms with Crippen molar-refractivity contribution < 1.29 is 31.2 Å². The zero-order valence-electron chi connectivity index (χ0n) is 18.7. The highest BCUT2D eigenvalue weighted by Gasteiger charge is 2.72. The van der Waals surface area contributed by atoms with Crippen LogP contribution in [0.2, 0.25) is 0 Å². The first-order chi connectivity index (χ1) is 16.2. The van der Waals surface area contributed by atoms with Gasteiger partial charge in [0.2, 0.25) is 15.0 Å². The maximum atomic E-state index is 14.8. The smallest absolute Gasteiger partial charge is 0.374 e. The standard InChI is InChI=1S/C21H22F3N5O4S2/c1-19(2)10-13-15(14(30)11-19)20(21(22,23)24,28-35(32,33)18-27-26-17(25)34-18)16(31)29(13)9-8-12-6-4-3-5-7-12/h3-7,28H,8-11H2,1-2H3,(H2,25,26). The van der Waals surface area contributed by atoms with Gasteiger partial charge in [0, 0.05) is 18.7 Å². The average molecular weight is 530 g/mol. The lowest BCUT2D eigenvalue weighted by atomic mass is 9.72. The van der Waals surface area contributed by atoms with Crippen molar-refractivity contribution in [2.24, 2.45) is 5.41 Å². The highest BCUT2D eigenvalue weighted by molar-refractivity contribution is 7.91. The number of ketones is 1. The lowest BCUT2D eigenvalue weighted by Gasteiger charge is -2.35. The summed E-state index contributed by atoms with van der Waals surface area (Å²) in [6.07, 6.45) is -5.56. The number of hydrogen-bond acceptors (Lipinski definition) is 8. The minimum absolute atomic E-state index is 0.0140. The van der Waals surface area contributed by atoms with Crippen LogP contribution in [-0.2, 0) is 26.0 Å². The summed E-state index contributed by atoms with van der Waals surface area (Å²) in [5.41, 5.74) is 0.639. The molecule has 2 aromatic rings. The Morgan fingerprint density at radius 1 is 1.14 bits per heavy atom. The van der Waals surface area contributed by atoms with Crippen LogP contribution in [0.1, 0.15) is 32.3 Å². The number of carbonyl (C=O) groups excluding carboxylic acids is 2. The first-order valence-corrected chi connectivity index (χ1v) is 12.8. The third kappa shape index (κ3) is 4.34. The molecule has 0 spiro atoms. The number of rotatable bonds is 6. The minimum atomic E-state index is -5.47. The Kier molecular flexibility index (Phi) is 6.05. The Morgan fingerprint density at radius 3 is 2.37 bits per heavy atom. The number of hydrogen-bond donors (Lipinski definition) is 2. The van der Waals surface area contributed by atoms with Gasteiger partial charge < -0.3 is 10.6 Å². The van der Waals surface area contributed by atoms with Crippen molar-refractivity contribution in [2.75, 3.05) is 12.3 Å². The predicted octanol–water partition coefficient (Wildman–Crippen LogP) is 2.43. The number of sulfonamides is 1. The van der Waals surface area contributed by atoms with Gasteiger partial charge in [0.15, 0.2) is 5.78 Å². The molecule has 0 bridgehead atoms. The number of aromatic nitrogens is 2. The molecular formula is C21H22F3N5O4S2. The second-order valence-electron chi connectivity index (χ2n) is 9.21.